The highest BCUT2D eigenvalue weighted by Crippen LogP contribution is 2.24. The molecule has 2 rings (SSSR count). The summed E-state index contributed by atoms with van der Waals surface area (Å²) in [7, 11) is 0. The number of hydrogen-bond donors (Lipinski definition) is 2. The van der Waals surface area contributed by atoms with Crippen molar-refractivity contribution < 1.29 is 14.4 Å². The zero-order valence-corrected chi connectivity index (χ0v) is 14.5. The highest BCUT2D eigenvalue weighted by atomic mass is 16.2. The number of nitrogens with zero attached hydrogens (tertiary/aromatic N) is 1. The van der Waals surface area contributed by atoms with Gasteiger partial charge in [-0.05, 0) is 37.1 Å². The number of amides is 3. The SMILES string of the molecule is CC(C)(C)C(=O)N1CCC[C@@H](C(=O)Nc2ccc(C(N)=O)cc2)C1. The Morgan fingerprint density at radius 1 is 1.17 bits per heavy atom. The Balaban J connectivity index is 1.99. The summed E-state index contributed by atoms with van der Waals surface area (Å²) < 4.78 is 0. The van der Waals surface area contributed by atoms with Gasteiger partial charge in [-0.3, -0.25) is 14.4 Å². The van der Waals surface area contributed by atoms with E-state index in [9.17, 15) is 14.4 Å². The van der Waals surface area contributed by atoms with E-state index in [1.807, 2.05) is 20.8 Å². The van der Waals surface area contributed by atoms with Crippen molar-refractivity contribution in [1.82, 2.24) is 4.90 Å². The van der Waals surface area contributed by atoms with Gasteiger partial charge in [0.25, 0.3) is 0 Å². The second kappa shape index (κ2) is 7.03. The number of hydrogen-bond acceptors (Lipinski definition) is 3. The van der Waals surface area contributed by atoms with Gasteiger partial charge in [0.1, 0.15) is 0 Å². The molecule has 0 unspecified atom stereocenters. The van der Waals surface area contributed by atoms with E-state index >= 15 is 0 Å². The monoisotopic (exact) mass is 331 g/mol. The second-order valence-corrected chi connectivity index (χ2v) is 7.27. The van der Waals surface area contributed by atoms with E-state index in [2.05, 4.69) is 5.32 Å². The molecule has 1 aromatic rings. The molecule has 1 heterocycles. The highest BCUT2D eigenvalue weighted by molar-refractivity contribution is 5.95. The van der Waals surface area contributed by atoms with Crippen molar-refractivity contribution in [2.75, 3.05) is 18.4 Å². The summed E-state index contributed by atoms with van der Waals surface area (Å²) in [5, 5.41) is 2.85. The minimum Gasteiger partial charge on any atom is -0.366 e. The lowest BCUT2D eigenvalue weighted by atomic mass is 9.91. The fourth-order valence-corrected chi connectivity index (χ4v) is 2.81. The van der Waals surface area contributed by atoms with Gasteiger partial charge in [0.15, 0.2) is 0 Å². The van der Waals surface area contributed by atoms with Crippen molar-refractivity contribution in [2.45, 2.75) is 33.6 Å². The van der Waals surface area contributed by atoms with Crippen molar-refractivity contribution in [3.63, 3.8) is 0 Å². The van der Waals surface area contributed by atoms with E-state index in [1.54, 1.807) is 29.2 Å². The van der Waals surface area contributed by atoms with E-state index in [4.69, 9.17) is 5.73 Å². The van der Waals surface area contributed by atoms with E-state index in [0.717, 1.165) is 12.8 Å². The van der Waals surface area contributed by atoms with Crippen LogP contribution in [0, 0.1) is 11.3 Å². The van der Waals surface area contributed by atoms with Crippen LogP contribution in [0.5, 0.6) is 0 Å². The van der Waals surface area contributed by atoms with Crippen molar-refractivity contribution >= 4 is 23.4 Å². The van der Waals surface area contributed by atoms with Crippen LogP contribution in [-0.2, 0) is 9.59 Å². The third-order valence-electron chi connectivity index (χ3n) is 4.16. The molecule has 0 aromatic heterocycles. The molecular weight excluding hydrogens is 306 g/mol. The number of primary amides is 1. The molecule has 0 aliphatic carbocycles. The standard InChI is InChI=1S/C18H25N3O3/c1-18(2,3)17(24)21-10-4-5-13(11-21)16(23)20-14-8-6-12(7-9-14)15(19)22/h6-9,13H,4-5,10-11H2,1-3H3,(H2,19,22)(H,20,23)/t13-/m1/s1. The molecule has 0 spiro atoms. The van der Waals surface area contributed by atoms with Crippen LogP contribution in [0.3, 0.4) is 0 Å². The first kappa shape index (κ1) is 18.0. The average Bonchev–Trinajstić information content (AvgIpc) is 2.54. The predicted octanol–water partition coefficient (Wildman–Crippen LogP) is 2.01. The molecule has 1 atom stereocenters. The second-order valence-electron chi connectivity index (χ2n) is 7.27. The number of nitrogens with one attached hydrogen (secondary N) is 1. The lowest BCUT2D eigenvalue weighted by Crippen LogP contribution is -2.47. The first-order valence-corrected chi connectivity index (χ1v) is 8.18. The summed E-state index contributed by atoms with van der Waals surface area (Å²) in [4.78, 5) is 37.7. The lowest BCUT2D eigenvalue weighted by molar-refractivity contribution is -0.142. The molecule has 1 saturated heterocycles. The van der Waals surface area contributed by atoms with Gasteiger partial charge in [0, 0.05) is 29.8 Å². The summed E-state index contributed by atoms with van der Waals surface area (Å²) in [5.41, 5.74) is 5.77. The third-order valence-corrected chi connectivity index (χ3v) is 4.16. The zero-order chi connectivity index (χ0) is 17.9. The van der Waals surface area contributed by atoms with E-state index in [1.165, 1.54) is 0 Å². The summed E-state index contributed by atoms with van der Waals surface area (Å²) in [6, 6.07) is 6.46. The molecule has 1 aromatic carbocycles. The van der Waals surface area contributed by atoms with Gasteiger partial charge < -0.3 is 16.0 Å². The maximum Gasteiger partial charge on any atom is 0.248 e. The summed E-state index contributed by atoms with van der Waals surface area (Å²) >= 11 is 0. The van der Waals surface area contributed by atoms with Crippen molar-refractivity contribution in [2.24, 2.45) is 17.1 Å². The summed E-state index contributed by atoms with van der Waals surface area (Å²) in [5.74, 6) is -0.753. The number of anilines is 1. The van der Waals surface area contributed by atoms with Gasteiger partial charge in [0.2, 0.25) is 17.7 Å². The molecular formula is C18H25N3O3. The van der Waals surface area contributed by atoms with E-state index in [0.29, 0.717) is 24.3 Å². The maximum atomic E-state index is 12.5. The predicted molar refractivity (Wildman–Crippen MR) is 92.3 cm³/mol. The number of rotatable bonds is 3. The molecule has 0 saturated carbocycles. The van der Waals surface area contributed by atoms with Crippen molar-refractivity contribution in [1.29, 1.82) is 0 Å². The molecule has 1 aliphatic heterocycles. The van der Waals surface area contributed by atoms with Gasteiger partial charge in [-0.15, -0.1) is 0 Å². The number of likely N-dealkylation sites (tertiary alicyclic amines) is 1. The van der Waals surface area contributed by atoms with Crippen LogP contribution in [0.4, 0.5) is 5.69 Å². The molecule has 24 heavy (non-hydrogen) atoms. The molecule has 130 valence electrons. The number of carbonyl (C=O) groups excluding carboxylic acids is 3. The van der Waals surface area contributed by atoms with Crippen molar-refractivity contribution in [3.05, 3.63) is 29.8 Å². The van der Waals surface area contributed by atoms with Crippen LogP contribution in [0.2, 0.25) is 0 Å². The van der Waals surface area contributed by atoms with E-state index < -0.39 is 11.3 Å². The molecule has 1 aliphatic rings. The Kier molecular flexibility index (Phi) is 5.26. The summed E-state index contributed by atoms with van der Waals surface area (Å²) in [6.07, 6.45) is 1.58. The Bertz CT molecular complexity index is 632. The van der Waals surface area contributed by atoms with Crippen LogP contribution in [0.15, 0.2) is 24.3 Å². The molecule has 3 amide bonds. The Labute approximate surface area is 142 Å². The largest absolute Gasteiger partial charge is 0.366 e. The summed E-state index contributed by atoms with van der Waals surface area (Å²) in [6.45, 7) is 6.81. The Hall–Kier alpha value is -2.37. The molecule has 0 bridgehead atoms. The van der Waals surface area contributed by atoms with Gasteiger partial charge in [-0.25, -0.2) is 0 Å². The molecule has 1 fully saturated rings. The van der Waals surface area contributed by atoms with Crippen LogP contribution in [0.25, 0.3) is 0 Å². The number of nitrogens with two attached hydrogens (primary N) is 1. The van der Waals surface area contributed by atoms with Gasteiger partial charge in [-0.2, -0.15) is 0 Å². The quantitative estimate of drug-likeness (QED) is 0.887. The van der Waals surface area contributed by atoms with Crippen LogP contribution < -0.4 is 11.1 Å². The Morgan fingerprint density at radius 2 is 1.79 bits per heavy atom. The normalized spacial score (nSPS) is 18.1. The number of piperidine rings is 1. The third kappa shape index (κ3) is 4.34. The lowest BCUT2D eigenvalue weighted by Gasteiger charge is -2.35. The van der Waals surface area contributed by atoms with Crippen LogP contribution >= 0.6 is 0 Å². The smallest absolute Gasteiger partial charge is 0.248 e. The van der Waals surface area contributed by atoms with Crippen molar-refractivity contribution in [3.8, 4) is 0 Å². The molecule has 6 nitrogen and oxygen atoms in total. The van der Waals surface area contributed by atoms with Crippen LogP contribution in [0.1, 0.15) is 44.0 Å². The average molecular weight is 331 g/mol. The maximum absolute atomic E-state index is 12.5. The highest BCUT2D eigenvalue weighted by Gasteiger charge is 2.33. The number of carbonyl (C=O) groups is 3. The fraction of sp³-hybridized carbons (Fsp3) is 0.500. The molecule has 0 radical (unpaired) electrons. The number of benzene rings is 1. The van der Waals surface area contributed by atoms with E-state index in [-0.39, 0.29) is 17.7 Å². The fourth-order valence-electron chi connectivity index (χ4n) is 2.81. The topological polar surface area (TPSA) is 92.5 Å². The first-order chi connectivity index (χ1) is 11.2. The minimum absolute atomic E-state index is 0.0748. The first-order valence-electron chi connectivity index (χ1n) is 8.18. The van der Waals surface area contributed by atoms with Gasteiger partial charge in [-0.1, -0.05) is 20.8 Å². The Morgan fingerprint density at radius 3 is 2.33 bits per heavy atom. The van der Waals surface area contributed by atoms with Crippen LogP contribution in [-0.4, -0.2) is 35.7 Å². The minimum atomic E-state index is -0.503. The molecule has 3 N–H and O–H groups in total. The zero-order valence-electron chi connectivity index (χ0n) is 14.5. The molecule has 6 heteroatoms. The van der Waals surface area contributed by atoms with Gasteiger partial charge >= 0.3 is 0 Å². The van der Waals surface area contributed by atoms with Gasteiger partial charge in [0.05, 0.1) is 5.92 Å².